The summed E-state index contributed by atoms with van der Waals surface area (Å²) in [6.07, 6.45) is 1.80. The molecule has 0 bridgehead atoms. The van der Waals surface area contributed by atoms with Gasteiger partial charge in [0.25, 0.3) is 5.56 Å². The van der Waals surface area contributed by atoms with Crippen LogP contribution in [0.2, 0.25) is 0 Å². The Hall–Kier alpha value is -3.74. The third-order valence-electron chi connectivity index (χ3n) is 3.88. The summed E-state index contributed by atoms with van der Waals surface area (Å²) in [6.45, 7) is 0. The summed E-state index contributed by atoms with van der Waals surface area (Å²) in [5, 5.41) is 20.1. The van der Waals surface area contributed by atoms with Crippen molar-refractivity contribution < 1.29 is 9.90 Å². The van der Waals surface area contributed by atoms with E-state index in [9.17, 15) is 14.7 Å². The van der Waals surface area contributed by atoms with E-state index in [1.54, 1.807) is 10.7 Å². The molecule has 122 valence electrons. The minimum Gasteiger partial charge on any atom is -0.477 e. The Morgan fingerprint density at radius 3 is 2.60 bits per heavy atom. The molecule has 0 spiro atoms. The Labute approximate surface area is 141 Å². The number of benzene rings is 1. The maximum Gasteiger partial charge on any atom is 0.341 e. The first kappa shape index (κ1) is 14.8. The fourth-order valence-electron chi connectivity index (χ4n) is 2.74. The second kappa shape index (κ2) is 5.72. The maximum absolute atomic E-state index is 11.7. The minimum atomic E-state index is -1.30. The van der Waals surface area contributed by atoms with E-state index in [1.807, 2.05) is 48.5 Å². The molecular formula is C18H12N4O3. The molecule has 0 aliphatic heterocycles. The largest absolute Gasteiger partial charge is 0.477 e. The van der Waals surface area contributed by atoms with E-state index >= 15 is 0 Å². The molecule has 4 rings (SSSR count). The molecule has 0 fully saturated rings. The third-order valence-corrected chi connectivity index (χ3v) is 3.88. The van der Waals surface area contributed by atoms with E-state index in [0.29, 0.717) is 17.0 Å². The van der Waals surface area contributed by atoms with Crippen LogP contribution in [0.1, 0.15) is 10.4 Å². The average molecular weight is 332 g/mol. The van der Waals surface area contributed by atoms with Crippen LogP contribution in [0.5, 0.6) is 0 Å². The number of rotatable bonds is 3. The predicted octanol–water partition coefficient (Wildman–Crippen LogP) is 2.45. The van der Waals surface area contributed by atoms with Gasteiger partial charge >= 0.3 is 5.97 Å². The summed E-state index contributed by atoms with van der Waals surface area (Å²) >= 11 is 0. The number of hydrogen-bond acceptors (Lipinski definition) is 4. The summed E-state index contributed by atoms with van der Waals surface area (Å²) in [5.41, 5.74) is 2.18. The van der Waals surface area contributed by atoms with Crippen molar-refractivity contribution in [1.82, 2.24) is 19.8 Å². The summed E-state index contributed by atoms with van der Waals surface area (Å²) in [6, 6.07) is 16.4. The number of fused-ring (bicyclic) bond motifs is 1. The molecule has 7 heteroatoms. The van der Waals surface area contributed by atoms with Crippen LogP contribution in [0.3, 0.4) is 0 Å². The highest BCUT2D eigenvalue weighted by Crippen LogP contribution is 2.33. The molecule has 0 unspecified atom stereocenters. The van der Waals surface area contributed by atoms with Gasteiger partial charge in [-0.1, -0.05) is 36.4 Å². The Kier molecular flexibility index (Phi) is 3.39. The number of carboxylic acids is 1. The molecular weight excluding hydrogens is 320 g/mol. The van der Waals surface area contributed by atoms with E-state index in [2.05, 4.69) is 15.3 Å². The Balaban J connectivity index is 2.06. The SMILES string of the molecule is O=C(O)c1cc(-c2c(-c3ccccc3)nn3ccccc23)n[nH]c1=O. The van der Waals surface area contributed by atoms with Gasteiger partial charge in [0.15, 0.2) is 0 Å². The number of H-pyrrole nitrogens is 1. The molecule has 7 nitrogen and oxygen atoms in total. The van der Waals surface area contributed by atoms with E-state index in [4.69, 9.17) is 0 Å². The van der Waals surface area contributed by atoms with Gasteiger partial charge in [0.1, 0.15) is 11.3 Å². The lowest BCUT2D eigenvalue weighted by atomic mass is 10.0. The van der Waals surface area contributed by atoms with Gasteiger partial charge in [-0.3, -0.25) is 4.79 Å². The van der Waals surface area contributed by atoms with Crippen LogP contribution >= 0.6 is 0 Å². The van der Waals surface area contributed by atoms with Crippen molar-refractivity contribution in [3.05, 3.63) is 76.7 Å². The van der Waals surface area contributed by atoms with E-state index < -0.39 is 11.5 Å². The molecule has 2 N–H and O–H groups in total. The van der Waals surface area contributed by atoms with E-state index in [-0.39, 0.29) is 5.56 Å². The van der Waals surface area contributed by atoms with Gasteiger partial charge in [-0.05, 0) is 18.2 Å². The number of hydrogen-bond donors (Lipinski definition) is 2. The lowest BCUT2D eigenvalue weighted by Crippen LogP contribution is -2.18. The van der Waals surface area contributed by atoms with E-state index in [0.717, 1.165) is 11.1 Å². The van der Waals surface area contributed by atoms with Gasteiger partial charge in [-0.2, -0.15) is 10.2 Å². The molecule has 1 aromatic carbocycles. The van der Waals surface area contributed by atoms with Gasteiger partial charge in [-0.25, -0.2) is 14.4 Å². The van der Waals surface area contributed by atoms with Gasteiger partial charge < -0.3 is 5.11 Å². The number of aromatic carboxylic acids is 1. The fraction of sp³-hybridized carbons (Fsp3) is 0. The summed E-state index contributed by atoms with van der Waals surface area (Å²) in [5.74, 6) is -1.30. The molecule has 0 aliphatic carbocycles. The molecule has 0 saturated carbocycles. The number of carbonyl (C=O) groups is 1. The number of aromatic nitrogens is 4. The first-order valence-electron chi connectivity index (χ1n) is 7.51. The number of carboxylic acid groups (broad SMARTS) is 1. The summed E-state index contributed by atoms with van der Waals surface area (Å²) in [4.78, 5) is 23.0. The van der Waals surface area contributed by atoms with Crippen molar-refractivity contribution >= 4 is 11.5 Å². The second-order valence-corrected chi connectivity index (χ2v) is 5.42. The standard InChI is InChI=1S/C18H12N4O3/c23-17-12(18(24)25)10-13(19-20-17)15-14-8-4-5-9-22(14)21-16(15)11-6-2-1-3-7-11/h1-10H,(H,20,23)(H,24,25). The lowest BCUT2D eigenvalue weighted by molar-refractivity contribution is 0.0694. The zero-order chi connectivity index (χ0) is 17.4. The first-order valence-corrected chi connectivity index (χ1v) is 7.51. The van der Waals surface area contributed by atoms with Crippen LogP contribution in [0.25, 0.3) is 28.0 Å². The van der Waals surface area contributed by atoms with Gasteiger partial charge in [0, 0.05) is 11.8 Å². The molecule has 0 atom stereocenters. The monoisotopic (exact) mass is 332 g/mol. The summed E-state index contributed by atoms with van der Waals surface area (Å²) in [7, 11) is 0. The van der Waals surface area contributed by atoms with Gasteiger partial charge in [0.2, 0.25) is 0 Å². The zero-order valence-corrected chi connectivity index (χ0v) is 12.9. The second-order valence-electron chi connectivity index (χ2n) is 5.42. The van der Waals surface area contributed by atoms with Crippen LogP contribution in [0.15, 0.2) is 65.6 Å². The zero-order valence-electron chi connectivity index (χ0n) is 12.9. The van der Waals surface area contributed by atoms with Crippen LogP contribution in [-0.2, 0) is 0 Å². The van der Waals surface area contributed by atoms with Gasteiger partial charge in [-0.15, -0.1) is 0 Å². The maximum atomic E-state index is 11.7. The van der Waals surface area contributed by atoms with Crippen molar-refractivity contribution in [2.24, 2.45) is 0 Å². The third kappa shape index (κ3) is 2.47. The van der Waals surface area contributed by atoms with Crippen molar-refractivity contribution in [2.45, 2.75) is 0 Å². The highest BCUT2D eigenvalue weighted by molar-refractivity contribution is 5.93. The predicted molar refractivity (Wildman–Crippen MR) is 91.4 cm³/mol. The molecule has 0 amide bonds. The van der Waals surface area contributed by atoms with Crippen LogP contribution < -0.4 is 5.56 Å². The number of pyridine rings is 1. The Morgan fingerprint density at radius 2 is 1.84 bits per heavy atom. The molecule has 0 aliphatic rings. The fourth-order valence-corrected chi connectivity index (χ4v) is 2.74. The summed E-state index contributed by atoms with van der Waals surface area (Å²) < 4.78 is 1.70. The molecule has 25 heavy (non-hydrogen) atoms. The number of nitrogens with zero attached hydrogens (tertiary/aromatic N) is 3. The minimum absolute atomic E-state index is 0.344. The Morgan fingerprint density at radius 1 is 1.08 bits per heavy atom. The normalized spacial score (nSPS) is 10.9. The molecule has 0 radical (unpaired) electrons. The number of aromatic amines is 1. The van der Waals surface area contributed by atoms with Crippen molar-refractivity contribution in [2.75, 3.05) is 0 Å². The highest BCUT2D eigenvalue weighted by Gasteiger charge is 2.20. The van der Waals surface area contributed by atoms with Crippen molar-refractivity contribution in [1.29, 1.82) is 0 Å². The highest BCUT2D eigenvalue weighted by atomic mass is 16.4. The first-order chi connectivity index (χ1) is 12.1. The van der Waals surface area contributed by atoms with E-state index in [1.165, 1.54) is 6.07 Å². The van der Waals surface area contributed by atoms with Crippen molar-refractivity contribution in [3.63, 3.8) is 0 Å². The van der Waals surface area contributed by atoms with Gasteiger partial charge in [0.05, 0.1) is 16.8 Å². The lowest BCUT2D eigenvalue weighted by Gasteiger charge is -2.03. The number of nitrogens with one attached hydrogen (secondary N) is 1. The van der Waals surface area contributed by atoms with Crippen LogP contribution in [-0.4, -0.2) is 30.9 Å². The van der Waals surface area contributed by atoms with Crippen LogP contribution in [0.4, 0.5) is 0 Å². The average Bonchev–Trinajstić information content (AvgIpc) is 3.02. The molecule has 0 saturated heterocycles. The van der Waals surface area contributed by atoms with Crippen LogP contribution in [0, 0.1) is 0 Å². The Bertz CT molecular complexity index is 1150. The molecule has 3 aromatic heterocycles. The topological polar surface area (TPSA) is 100 Å². The molecule has 3 heterocycles. The molecule has 4 aromatic rings. The van der Waals surface area contributed by atoms with Crippen molar-refractivity contribution in [3.8, 4) is 22.5 Å². The quantitative estimate of drug-likeness (QED) is 0.600. The smallest absolute Gasteiger partial charge is 0.341 e.